The number of halogens is 1. The molecular weight excluding hydrogens is 523 g/mol. The third-order valence-electron chi connectivity index (χ3n) is 7.92. The fraction of sp³-hybridized carbons (Fsp3) is 0.214. The number of H-pyrrole nitrogens is 1. The highest BCUT2D eigenvalue weighted by atomic mass is 19.1. The lowest BCUT2D eigenvalue weighted by Crippen LogP contribution is -2.58. The smallest absolute Gasteiger partial charge is 0.255 e. The van der Waals surface area contributed by atoms with Gasteiger partial charge in [-0.15, -0.1) is 0 Å². The van der Waals surface area contributed by atoms with E-state index in [0.29, 0.717) is 16.8 Å². The number of hydrogen-bond donors (Lipinski definition) is 7. The first-order chi connectivity index (χ1) is 19.0. The first-order valence-electron chi connectivity index (χ1n) is 12.4. The van der Waals surface area contributed by atoms with Crippen molar-refractivity contribution < 1.29 is 39.2 Å². The van der Waals surface area contributed by atoms with Gasteiger partial charge in [-0.25, -0.2) is 9.37 Å². The van der Waals surface area contributed by atoms with Crippen LogP contribution in [0.15, 0.2) is 59.5 Å². The molecule has 11 nitrogen and oxygen atoms in total. The predicted molar refractivity (Wildman–Crippen MR) is 139 cm³/mol. The maximum Gasteiger partial charge on any atom is 0.255 e. The molecule has 3 atom stereocenters. The number of ketones is 2. The molecule has 40 heavy (non-hydrogen) atoms. The number of fused-ring (bicyclic) bond motifs is 3. The quantitative estimate of drug-likeness (QED) is 0.190. The highest BCUT2D eigenvalue weighted by Crippen LogP contribution is 2.52. The molecule has 0 radical (unpaired) electrons. The number of phenols is 1. The Bertz CT molecular complexity index is 1690. The SMILES string of the molecule is NC(=O)C1=C(O)[C@@]2(O)C(=O)C3=C(O)c4c(ccc(Nc5ncc(-c6ccc(F)cc6)[nH]5)c4O)C[C@H]3C[C@H]2CC1=O. The van der Waals surface area contributed by atoms with Crippen LogP contribution in [0.5, 0.6) is 5.75 Å². The molecule has 2 aromatic carbocycles. The van der Waals surface area contributed by atoms with Crippen molar-refractivity contribution in [3.63, 3.8) is 0 Å². The molecule has 1 heterocycles. The number of nitrogens with zero attached hydrogens (tertiary/aromatic N) is 1. The fourth-order valence-electron chi connectivity index (χ4n) is 5.99. The summed E-state index contributed by atoms with van der Waals surface area (Å²) in [5.41, 5.74) is 3.42. The van der Waals surface area contributed by atoms with Crippen molar-refractivity contribution in [3.05, 3.63) is 76.4 Å². The number of anilines is 2. The summed E-state index contributed by atoms with van der Waals surface area (Å²) in [5, 5.41) is 47.3. The van der Waals surface area contributed by atoms with E-state index in [0.717, 1.165) is 0 Å². The van der Waals surface area contributed by atoms with E-state index in [2.05, 4.69) is 15.3 Å². The van der Waals surface area contributed by atoms with Gasteiger partial charge in [-0.1, -0.05) is 6.07 Å². The summed E-state index contributed by atoms with van der Waals surface area (Å²) in [6.07, 6.45) is 1.40. The third kappa shape index (κ3) is 3.60. The summed E-state index contributed by atoms with van der Waals surface area (Å²) in [4.78, 5) is 45.0. The molecule has 8 N–H and O–H groups in total. The Balaban J connectivity index is 1.37. The Morgan fingerprint density at radius 3 is 2.52 bits per heavy atom. The summed E-state index contributed by atoms with van der Waals surface area (Å²) in [7, 11) is 0. The Kier molecular flexibility index (Phi) is 5.56. The highest BCUT2D eigenvalue weighted by molar-refractivity contribution is 6.22. The number of aromatic hydroxyl groups is 1. The number of benzene rings is 2. The molecule has 0 bridgehead atoms. The van der Waals surface area contributed by atoms with Crippen LogP contribution in [0.4, 0.5) is 16.0 Å². The van der Waals surface area contributed by atoms with Gasteiger partial charge >= 0.3 is 0 Å². The Morgan fingerprint density at radius 1 is 1.10 bits per heavy atom. The second-order valence-corrected chi connectivity index (χ2v) is 10.2. The molecule has 0 aliphatic heterocycles. The number of rotatable bonds is 4. The fourth-order valence-corrected chi connectivity index (χ4v) is 5.99. The first-order valence-corrected chi connectivity index (χ1v) is 12.4. The molecular formula is C28H23FN4O7. The maximum atomic E-state index is 13.6. The summed E-state index contributed by atoms with van der Waals surface area (Å²) < 4.78 is 13.3. The molecule has 1 aromatic heterocycles. The summed E-state index contributed by atoms with van der Waals surface area (Å²) in [6, 6.07) is 9.00. The second-order valence-electron chi connectivity index (χ2n) is 10.2. The average molecular weight is 547 g/mol. The van der Waals surface area contributed by atoms with Gasteiger partial charge in [0.1, 0.15) is 28.7 Å². The number of carbonyl (C=O) groups is 3. The van der Waals surface area contributed by atoms with Crippen LogP contribution in [0.1, 0.15) is 24.0 Å². The Labute approximate surface area is 225 Å². The van der Waals surface area contributed by atoms with E-state index in [1.807, 2.05) is 0 Å². The maximum absolute atomic E-state index is 13.6. The van der Waals surface area contributed by atoms with Gasteiger partial charge in [0.2, 0.25) is 11.7 Å². The van der Waals surface area contributed by atoms with E-state index in [-0.39, 0.29) is 53.6 Å². The van der Waals surface area contributed by atoms with Crippen LogP contribution in [0.25, 0.3) is 17.0 Å². The third-order valence-corrected chi connectivity index (χ3v) is 7.92. The van der Waals surface area contributed by atoms with Crippen LogP contribution >= 0.6 is 0 Å². The topological polar surface area (TPSA) is 199 Å². The standard InChI is InChI=1S/C28H23FN4O7/c29-15-4-1-11(2-5-15)17-10-31-27(33-17)32-16-6-3-12-7-13-8-14-9-18(34)21(26(30)39)25(38)28(14,40)24(37)20(13)23(36)19(12)22(16)35/h1-6,10,13-14,35-36,38,40H,7-9H2,(H2,30,39)(H2,31,32,33)/t13-,14-,28-/m0/s1. The molecule has 12 heteroatoms. The van der Waals surface area contributed by atoms with Crippen LogP contribution in [0, 0.1) is 17.7 Å². The van der Waals surface area contributed by atoms with Crippen molar-refractivity contribution in [2.75, 3.05) is 5.32 Å². The Morgan fingerprint density at radius 2 is 1.82 bits per heavy atom. The van der Waals surface area contributed by atoms with Crippen molar-refractivity contribution in [1.82, 2.24) is 9.97 Å². The van der Waals surface area contributed by atoms with E-state index in [1.54, 1.807) is 24.3 Å². The average Bonchev–Trinajstić information content (AvgIpc) is 3.36. The van der Waals surface area contributed by atoms with Crippen molar-refractivity contribution >= 4 is 34.9 Å². The normalized spacial score (nSPS) is 23.9. The molecule has 0 spiro atoms. The number of nitrogens with two attached hydrogens (primary N) is 1. The lowest BCUT2D eigenvalue weighted by Gasteiger charge is -2.46. The summed E-state index contributed by atoms with van der Waals surface area (Å²) >= 11 is 0. The zero-order chi connectivity index (χ0) is 28.5. The van der Waals surface area contributed by atoms with E-state index in [4.69, 9.17) is 5.73 Å². The number of phenolic OH excluding ortho intramolecular Hbond substituents is 1. The van der Waals surface area contributed by atoms with Crippen molar-refractivity contribution in [1.29, 1.82) is 0 Å². The van der Waals surface area contributed by atoms with E-state index in [9.17, 15) is 39.2 Å². The number of nitrogens with one attached hydrogen (secondary N) is 2. The van der Waals surface area contributed by atoms with E-state index < -0.39 is 52.0 Å². The molecule has 1 saturated carbocycles. The van der Waals surface area contributed by atoms with Crippen LogP contribution in [0.2, 0.25) is 0 Å². The highest BCUT2D eigenvalue weighted by Gasteiger charge is 2.60. The van der Waals surface area contributed by atoms with Gasteiger partial charge in [0.25, 0.3) is 5.91 Å². The number of hydrogen-bond acceptors (Lipinski definition) is 9. The van der Waals surface area contributed by atoms with Crippen LogP contribution in [-0.2, 0) is 20.8 Å². The van der Waals surface area contributed by atoms with Crippen molar-refractivity contribution in [2.45, 2.75) is 24.9 Å². The molecule has 3 aromatic rings. The van der Waals surface area contributed by atoms with Gasteiger partial charge in [-0.3, -0.25) is 14.4 Å². The van der Waals surface area contributed by atoms with Crippen molar-refractivity contribution in [3.8, 4) is 17.0 Å². The zero-order valence-electron chi connectivity index (χ0n) is 20.7. The molecule has 204 valence electrons. The number of amides is 1. The first kappa shape index (κ1) is 25.3. The van der Waals surface area contributed by atoms with Gasteiger partial charge in [-0.05, 0) is 60.2 Å². The molecule has 0 saturated heterocycles. The van der Waals surface area contributed by atoms with E-state index in [1.165, 1.54) is 18.3 Å². The number of imidazole rings is 1. The predicted octanol–water partition coefficient (Wildman–Crippen LogP) is 2.70. The summed E-state index contributed by atoms with van der Waals surface area (Å²) in [6.45, 7) is 0. The Hall–Kier alpha value is -4.97. The number of Topliss-reactive ketones (excluding diaryl/α,β-unsaturated/α-hetero) is 2. The summed E-state index contributed by atoms with van der Waals surface area (Å²) in [5.74, 6) is -6.97. The van der Waals surface area contributed by atoms with Crippen LogP contribution in [-0.4, -0.2) is 53.5 Å². The number of aromatic nitrogens is 2. The zero-order valence-corrected chi connectivity index (χ0v) is 20.7. The largest absolute Gasteiger partial charge is 0.508 e. The van der Waals surface area contributed by atoms with Crippen LogP contribution < -0.4 is 11.1 Å². The van der Waals surface area contributed by atoms with Crippen molar-refractivity contribution in [2.24, 2.45) is 17.6 Å². The molecule has 1 fully saturated rings. The number of primary amides is 1. The van der Waals surface area contributed by atoms with Gasteiger partial charge in [-0.2, -0.15) is 0 Å². The van der Waals surface area contributed by atoms with Gasteiger partial charge in [0.15, 0.2) is 11.4 Å². The van der Waals surface area contributed by atoms with E-state index >= 15 is 0 Å². The molecule has 1 amide bonds. The number of aliphatic hydroxyl groups excluding tert-OH is 2. The minimum Gasteiger partial charge on any atom is -0.508 e. The minimum absolute atomic E-state index is 0.0394. The van der Waals surface area contributed by atoms with Gasteiger partial charge in [0, 0.05) is 17.9 Å². The monoisotopic (exact) mass is 546 g/mol. The van der Waals surface area contributed by atoms with Gasteiger partial charge < -0.3 is 36.5 Å². The van der Waals surface area contributed by atoms with Crippen LogP contribution in [0.3, 0.4) is 0 Å². The molecule has 3 aliphatic rings. The number of carbonyl (C=O) groups excluding carboxylic acids is 3. The minimum atomic E-state index is -2.62. The number of aromatic amines is 1. The molecule has 6 rings (SSSR count). The van der Waals surface area contributed by atoms with Gasteiger partial charge in [0.05, 0.1) is 23.1 Å². The second kappa shape index (κ2) is 8.78. The number of aliphatic hydroxyl groups is 3. The lowest BCUT2D eigenvalue weighted by molar-refractivity contribution is -0.147. The molecule has 0 unspecified atom stereocenters. The lowest BCUT2D eigenvalue weighted by atomic mass is 9.59. The molecule has 3 aliphatic carbocycles.